The topological polar surface area (TPSA) is 68.9 Å². The van der Waals surface area contributed by atoms with Crippen LogP contribution in [-0.2, 0) is 13.1 Å². The number of aliphatic imine (C=N–C) groups is 1. The van der Waals surface area contributed by atoms with E-state index in [1.807, 2.05) is 12.5 Å². The minimum absolute atomic E-state index is 0.115. The first kappa shape index (κ1) is 22.8. The Morgan fingerprint density at radius 2 is 1.88 bits per heavy atom. The lowest BCUT2D eigenvalue weighted by Gasteiger charge is -2.39. The quantitative estimate of drug-likeness (QED) is 0.536. The molecule has 2 fully saturated rings. The molecule has 7 nitrogen and oxygen atoms in total. The highest BCUT2D eigenvalue weighted by atomic mass is 16.3. The summed E-state index contributed by atoms with van der Waals surface area (Å²) < 4.78 is 2.24. The van der Waals surface area contributed by atoms with E-state index in [2.05, 4.69) is 69.0 Å². The Labute approximate surface area is 192 Å². The molecule has 7 heteroatoms. The highest BCUT2D eigenvalue weighted by Crippen LogP contribution is 2.27. The molecule has 2 unspecified atom stereocenters. The lowest BCUT2D eigenvalue weighted by molar-refractivity contribution is 0.0792. The van der Waals surface area contributed by atoms with Crippen molar-refractivity contribution >= 4 is 5.96 Å². The molecule has 2 aliphatic heterocycles. The van der Waals surface area contributed by atoms with Gasteiger partial charge in [0.05, 0.1) is 25.0 Å². The molecule has 2 saturated heterocycles. The molecule has 0 radical (unpaired) electrons. The predicted molar refractivity (Wildman–Crippen MR) is 128 cm³/mol. The third-order valence-corrected chi connectivity index (χ3v) is 6.86. The van der Waals surface area contributed by atoms with Crippen LogP contribution in [0.5, 0.6) is 0 Å². The standard InChI is InChI=1S/C25H38N6O/c1-3-27-25(30-14-8-20(2)24(18-30)31-15-11-26-19-31)28-16-21-4-6-22(7-5-21)17-29-12-9-23(32)10-13-29/h4-7,11,15,19-20,23-24,32H,3,8-10,12-14,16-18H2,1-2H3,(H,27,28). The highest BCUT2D eigenvalue weighted by Gasteiger charge is 2.28. The molecular formula is C25H38N6O. The maximum atomic E-state index is 9.69. The Bertz CT molecular complexity index is 842. The van der Waals surface area contributed by atoms with E-state index in [-0.39, 0.29) is 6.10 Å². The average molecular weight is 439 g/mol. The fourth-order valence-electron chi connectivity index (χ4n) is 4.77. The largest absolute Gasteiger partial charge is 0.393 e. The third-order valence-electron chi connectivity index (χ3n) is 6.86. The van der Waals surface area contributed by atoms with Crippen LogP contribution in [-0.4, -0.2) is 69.2 Å². The molecule has 0 aliphatic carbocycles. The number of nitrogens with one attached hydrogen (secondary N) is 1. The van der Waals surface area contributed by atoms with Gasteiger partial charge in [-0.05, 0) is 43.2 Å². The van der Waals surface area contributed by atoms with Gasteiger partial charge in [0, 0.05) is 51.7 Å². The first-order chi connectivity index (χ1) is 15.6. The van der Waals surface area contributed by atoms with Crippen molar-refractivity contribution in [3.63, 3.8) is 0 Å². The summed E-state index contributed by atoms with van der Waals surface area (Å²) in [6.07, 6.45) is 8.67. The summed E-state index contributed by atoms with van der Waals surface area (Å²) in [5.41, 5.74) is 2.56. The van der Waals surface area contributed by atoms with Crippen LogP contribution >= 0.6 is 0 Å². The smallest absolute Gasteiger partial charge is 0.194 e. The Balaban J connectivity index is 1.36. The monoisotopic (exact) mass is 438 g/mol. The third kappa shape index (κ3) is 5.90. The average Bonchev–Trinajstić information content (AvgIpc) is 3.34. The maximum Gasteiger partial charge on any atom is 0.194 e. The lowest BCUT2D eigenvalue weighted by Crippen LogP contribution is -2.49. The summed E-state index contributed by atoms with van der Waals surface area (Å²) in [6.45, 7) is 10.9. The number of nitrogens with zero attached hydrogens (tertiary/aromatic N) is 5. The molecule has 2 aromatic rings. The van der Waals surface area contributed by atoms with Crippen LogP contribution in [0.1, 0.15) is 50.3 Å². The fourth-order valence-corrected chi connectivity index (χ4v) is 4.77. The molecule has 2 atom stereocenters. The first-order valence-electron chi connectivity index (χ1n) is 12.1. The number of aliphatic hydroxyl groups is 1. The van der Waals surface area contributed by atoms with Gasteiger partial charge in [-0.25, -0.2) is 9.98 Å². The van der Waals surface area contributed by atoms with Crippen LogP contribution in [0, 0.1) is 5.92 Å². The molecule has 3 heterocycles. The van der Waals surface area contributed by atoms with Gasteiger partial charge < -0.3 is 19.9 Å². The van der Waals surface area contributed by atoms with Gasteiger partial charge in [-0.1, -0.05) is 31.2 Å². The number of likely N-dealkylation sites (tertiary alicyclic amines) is 2. The van der Waals surface area contributed by atoms with Gasteiger partial charge in [0.2, 0.25) is 0 Å². The fraction of sp³-hybridized carbons (Fsp3) is 0.600. The molecular weight excluding hydrogens is 400 g/mol. The Kier molecular flexibility index (Phi) is 7.81. The second-order valence-electron chi connectivity index (χ2n) is 9.28. The SMILES string of the molecule is CCNC(=NCc1ccc(CN2CCC(O)CC2)cc1)N1CCC(C)C(n2ccnc2)C1. The normalized spacial score (nSPS) is 23.5. The molecule has 2 aliphatic rings. The molecule has 32 heavy (non-hydrogen) atoms. The summed E-state index contributed by atoms with van der Waals surface area (Å²) in [6, 6.07) is 9.27. The first-order valence-corrected chi connectivity index (χ1v) is 12.1. The zero-order valence-electron chi connectivity index (χ0n) is 19.5. The minimum Gasteiger partial charge on any atom is -0.393 e. The van der Waals surface area contributed by atoms with Crippen molar-refractivity contribution in [1.82, 2.24) is 24.7 Å². The molecule has 2 N–H and O–H groups in total. The Morgan fingerprint density at radius 3 is 2.56 bits per heavy atom. The van der Waals surface area contributed by atoms with E-state index in [1.54, 1.807) is 0 Å². The summed E-state index contributed by atoms with van der Waals surface area (Å²) in [5.74, 6) is 1.62. The van der Waals surface area contributed by atoms with Gasteiger partial charge in [-0.3, -0.25) is 4.90 Å². The van der Waals surface area contributed by atoms with Crippen molar-refractivity contribution in [3.05, 3.63) is 54.1 Å². The predicted octanol–water partition coefficient (Wildman–Crippen LogP) is 2.89. The molecule has 1 aromatic carbocycles. The van der Waals surface area contributed by atoms with E-state index in [0.717, 1.165) is 64.5 Å². The number of piperidine rings is 2. The van der Waals surface area contributed by atoms with Gasteiger partial charge in [-0.15, -0.1) is 0 Å². The zero-order chi connectivity index (χ0) is 22.3. The summed E-state index contributed by atoms with van der Waals surface area (Å²) in [4.78, 5) is 14.0. The van der Waals surface area contributed by atoms with Crippen molar-refractivity contribution in [2.24, 2.45) is 10.9 Å². The van der Waals surface area contributed by atoms with Gasteiger partial charge in [0.1, 0.15) is 0 Å². The molecule has 0 spiro atoms. The number of imidazole rings is 1. The molecule has 1 aromatic heterocycles. The van der Waals surface area contributed by atoms with Crippen molar-refractivity contribution < 1.29 is 5.11 Å². The van der Waals surface area contributed by atoms with Crippen molar-refractivity contribution in [2.75, 3.05) is 32.7 Å². The van der Waals surface area contributed by atoms with E-state index in [9.17, 15) is 5.11 Å². The van der Waals surface area contributed by atoms with Crippen molar-refractivity contribution in [3.8, 4) is 0 Å². The lowest BCUT2D eigenvalue weighted by atomic mass is 9.93. The molecule has 4 rings (SSSR count). The summed E-state index contributed by atoms with van der Waals surface area (Å²) in [5, 5.41) is 13.2. The van der Waals surface area contributed by atoms with Crippen LogP contribution in [0.2, 0.25) is 0 Å². The van der Waals surface area contributed by atoms with Crippen LogP contribution < -0.4 is 5.32 Å². The molecule has 174 valence electrons. The van der Waals surface area contributed by atoms with E-state index < -0.39 is 0 Å². The van der Waals surface area contributed by atoms with E-state index in [4.69, 9.17) is 4.99 Å². The van der Waals surface area contributed by atoms with Crippen LogP contribution in [0.25, 0.3) is 0 Å². The summed E-state index contributed by atoms with van der Waals surface area (Å²) >= 11 is 0. The number of aliphatic hydroxyl groups excluding tert-OH is 1. The van der Waals surface area contributed by atoms with Crippen LogP contribution in [0.3, 0.4) is 0 Å². The van der Waals surface area contributed by atoms with Gasteiger partial charge in [0.25, 0.3) is 0 Å². The van der Waals surface area contributed by atoms with Crippen LogP contribution in [0.4, 0.5) is 0 Å². The number of hydrogen-bond acceptors (Lipinski definition) is 4. The summed E-state index contributed by atoms with van der Waals surface area (Å²) in [7, 11) is 0. The van der Waals surface area contributed by atoms with Crippen molar-refractivity contribution in [1.29, 1.82) is 0 Å². The number of guanidine groups is 1. The maximum absolute atomic E-state index is 9.69. The number of rotatable bonds is 6. The van der Waals surface area contributed by atoms with Gasteiger partial charge >= 0.3 is 0 Å². The molecule has 0 saturated carbocycles. The van der Waals surface area contributed by atoms with Gasteiger partial charge in [0.15, 0.2) is 5.96 Å². The van der Waals surface area contributed by atoms with Crippen LogP contribution in [0.15, 0.2) is 48.0 Å². The highest BCUT2D eigenvalue weighted by molar-refractivity contribution is 5.80. The minimum atomic E-state index is -0.115. The second-order valence-corrected chi connectivity index (χ2v) is 9.28. The van der Waals surface area contributed by atoms with E-state index in [0.29, 0.717) is 18.5 Å². The zero-order valence-corrected chi connectivity index (χ0v) is 19.5. The van der Waals surface area contributed by atoms with E-state index in [1.165, 1.54) is 11.1 Å². The molecule has 0 amide bonds. The van der Waals surface area contributed by atoms with Crippen molar-refractivity contribution in [2.45, 2.75) is 58.3 Å². The number of aromatic nitrogens is 2. The van der Waals surface area contributed by atoms with Gasteiger partial charge in [-0.2, -0.15) is 0 Å². The Morgan fingerprint density at radius 1 is 1.12 bits per heavy atom. The van der Waals surface area contributed by atoms with E-state index >= 15 is 0 Å². The number of benzene rings is 1. The Hall–Kier alpha value is -2.38. The number of hydrogen-bond donors (Lipinski definition) is 2. The second kappa shape index (κ2) is 11.0. The molecule has 0 bridgehead atoms.